The van der Waals surface area contributed by atoms with Gasteiger partial charge in [0.25, 0.3) is 0 Å². The SMILES string of the molecule is NCc1ccncc1-n1cnc2c1CCCC2. The van der Waals surface area contributed by atoms with Crippen LogP contribution >= 0.6 is 0 Å². The molecule has 0 bridgehead atoms. The highest BCUT2D eigenvalue weighted by Gasteiger charge is 2.17. The Hall–Kier alpha value is -1.68. The molecule has 0 unspecified atom stereocenters. The van der Waals surface area contributed by atoms with Crippen LogP contribution in [0.25, 0.3) is 5.69 Å². The molecular formula is C13H16N4. The zero-order valence-corrected chi connectivity index (χ0v) is 9.76. The molecule has 0 saturated carbocycles. The van der Waals surface area contributed by atoms with Crippen LogP contribution in [0.1, 0.15) is 29.8 Å². The molecule has 1 aliphatic carbocycles. The Bertz CT molecular complexity index is 530. The average Bonchev–Trinajstić information content (AvgIpc) is 2.82. The van der Waals surface area contributed by atoms with Crippen LogP contribution in [-0.4, -0.2) is 14.5 Å². The van der Waals surface area contributed by atoms with E-state index in [1.54, 1.807) is 6.20 Å². The summed E-state index contributed by atoms with van der Waals surface area (Å²) in [5.74, 6) is 0. The lowest BCUT2D eigenvalue weighted by Gasteiger charge is -2.15. The molecule has 4 nitrogen and oxygen atoms in total. The third-order valence-electron chi connectivity index (χ3n) is 3.40. The Kier molecular flexibility index (Phi) is 2.65. The number of aryl methyl sites for hydroxylation is 1. The minimum atomic E-state index is 0.533. The number of hydrogen-bond acceptors (Lipinski definition) is 3. The van der Waals surface area contributed by atoms with Crippen molar-refractivity contribution in [2.24, 2.45) is 5.73 Å². The average molecular weight is 228 g/mol. The Morgan fingerprint density at radius 1 is 1.29 bits per heavy atom. The van der Waals surface area contributed by atoms with Gasteiger partial charge in [0.05, 0.1) is 23.9 Å². The topological polar surface area (TPSA) is 56.7 Å². The molecule has 2 aromatic heterocycles. The Morgan fingerprint density at radius 2 is 2.18 bits per heavy atom. The summed E-state index contributed by atoms with van der Waals surface area (Å²) < 4.78 is 2.16. The lowest BCUT2D eigenvalue weighted by molar-refractivity contribution is 0.655. The van der Waals surface area contributed by atoms with Crippen molar-refractivity contribution in [3.05, 3.63) is 41.7 Å². The smallest absolute Gasteiger partial charge is 0.0998 e. The van der Waals surface area contributed by atoms with Crippen molar-refractivity contribution in [2.45, 2.75) is 32.2 Å². The van der Waals surface area contributed by atoms with Crippen molar-refractivity contribution in [1.82, 2.24) is 14.5 Å². The van der Waals surface area contributed by atoms with Gasteiger partial charge in [-0.3, -0.25) is 4.98 Å². The van der Waals surface area contributed by atoms with E-state index in [1.165, 1.54) is 24.2 Å². The van der Waals surface area contributed by atoms with Gasteiger partial charge in [-0.15, -0.1) is 0 Å². The maximum Gasteiger partial charge on any atom is 0.0998 e. The predicted molar refractivity (Wildman–Crippen MR) is 65.9 cm³/mol. The molecule has 0 radical (unpaired) electrons. The molecule has 1 aliphatic rings. The molecule has 2 N–H and O–H groups in total. The van der Waals surface area contributed by atoms with E-state index in [0.29, 0.717) is 6.54 Å². The number of aromatic nitrogens is 3. The van der Waals surface area contributed by atoms with Crippen molar-refractivity contribution in [3.63, 3.8) is 0 Å². The quantitative estimate of drug-likeness (QED) is 0.849. The molecule has 0 aromatic carbocycles. The summed E-state index contributed by atoms with van der Waals surface area (Å²) >= 11 is 0. The van der Waals surface area contributed by atoms with E-state index < -0.39 is 0 Å². The minimum Gasteiger partial charge on any atom is -0.326 e. The number of hydrogen-bond donors (Lipinski definition) is 1. The molecule has 0 aliphatic heterocycles. The van der Waals surface area contributed by atoms with Gasteiger partial charge in [-0.05, 0) is 37.3 Å². The van der Waals surface area contributed by atoms with Gasteiger partial charge in [0.15, 0.2) is 0 Å². The molecule has 17 heavy (non-hydrogen) atoms. The zero-order valence-electron chi connectivity index (χ0n) is 9.76. The van der Waals surface area contributed by atoms with Crippen molar-refractivity contribution in [1.29, 1.82) is 0 Å². The molecule has 0 spiro atoms. The number of rotatable bonds is 2. The molecule has 3 rings (SSSR count). The molecular weight excluding hydrogens is 212 g/mol. The Morgan fingerprint density at radius 3 is 3.06 bits per heavy atom. The monoisotopic (exact) mass is 228 g/mol. The maximum absolute atomic E-state index is 5.77. The summed E-state index contributed by atoms with van der Waals surface area (Å²) in [7, 11) is 0. The van der Waals surface area contributed by atoms with Gasteiger partial charge in [0, 0.05) is 18.4 Å². The van der Waals surface area contributed by atoms with Crippen LogP contribution in [0.3, 0.4) is 0 Å². The molecule has 2 aromatic rings. The van der Waals surface area contributed by atoms with Gasteiger partial charge in [0.2, 0.25) is 0 Å². The zero-order chi connectivity index (χ0) is 11.7. The molecule has 0 atom stereocenters. The van der Waals surface area contributed by atoms with Gasteiger partial charge in [-0.2, -0.15) is 0 Å². The Labute approximate surface area is 101 Å². The molecule has 0 saturated heterocycles. The third kappa shape index (κ3) is 1.74. The predicted octanol–water partition coefficient (Wildman–Crippen LogP) is 1.60. The van der Waals surface area contributed by atoms with E-state index in [0.717, 1.165) is 24.1 Å². The Balaban J connectivity index is 2.12. The normalized spacial score (nSPS) is 14.6. The van der Waals surface area contributed by atoms with Gasteiger partial charge < -0.3 is 10.3 Å². The van der Waals surface area contributed by atoms with E-state index >= 15 is 0 Å². The van der Waals surface area contributed by atoms with Crippen molar-refractivity contribution in [2.75, 3.05) is 0 Å². The van der Waals surface area contributed by atoms with Gasteiger partial charge in [-0.25, -0.2) is 4.98 Å². The summed E-state index contributed by atoms with van der Waals surface area (Å²) in [6.45, 7) is 0.533. The van der Waals surface area contributed by atoms with E-state index in [1.807, 2.05) is 18.6 Å². The van der Waals surface area contributed by atoms with Gasteiger partial charge >= 0.3 is 0 Å². The van der Waals surface area contributed by atoms with Gasteiger partial charge in [-0.1, -0.05) is 0 Å². The van der Waals surface area contributed by atoms with E-state index in [9.17, 15) is 0 Å². The summed E-state index contributed by atoms with van der Waals surface area (Å²) in [5.41, 5.74) is 10.5. The second kappa shape index (κ2) is 4.30. The number of fused-ring (bicyclic) bond motifs is 1. The fourth-order valence-electron chi connectivity index (χ4n) is 2.48. The molecule has 0 amide bonds. The first-order valence-electron chi connectivity index (χ1n) is 6.08. The van der Waals surface area contributed by atoms with E-state index in [-0.39, 0.29) is 0 Å². The summed E-state index contributed by atoms with van der Waals surface area (Å²) in [6.07, 6.45) is 10.3. The van der Waals surface area contributed by atoms with E-state index in [2.05, 4.69) is 14.5 Å². The van der Waals surface area contributed by atoms with Crippen LogP contribution in [0.4, 0.5) is 0 Å². The van der Waals surface area contributed by atoms with Crippen molar-refractivity contribution < 1.29 is 0 Å². The van der Waals surface area contributed by atoms with Crippen LogP contribution in [-0.2, 0) is 19.4 Å². The highest BCUT2D eigenvalue weighted by molar-refractivity contribution is 5.41. The lowest BCUT2D eigenvalue weighted by Crippen LogP contribution is -2.10. The minimum absolute atomic E-state index is 0.533. The fourth-order valence-corrected chi connectivity index (χ4v) is 2.48. The number of imidazole rings is 1. The highest BCUT2D eigenvalue weighted by atomic mass is 15.1. The van der Waals surface area contributed by atoms with Crippen molar-refractivity contribution >= 4 is 0 Å². The van der Waals surface area contributed by atoms with Crippen LogP contribution in [0, 0.1) is 0 Å². The summed E-state index contributed by atoms with van der Waals surface area (Å²) in [5, 5.41) is 0. The fraction of sp³-hybridized carbons (Fsp3) is 0.385. The maximum atomic E-state index is 5.77. The van der Waals surface area contributed by atoms with Gasteiger partial charge in [0.1, 0.15) is 0 Å². The summed E-state index contributed by atoms with van der Waals surface area (Å²) in [6, 6.07) is 1.98. The van der Waals surface area contributed by atoms with Crippen LogP contribution < -0.4 is 5.73 Å². The van der Waals surface area contributed by atoms with Crippen LogP contribution in [0.15, 0.2) is 24.8 Å². The first kappa shape index (κ1) is 10.5. The molecule has 4 heteroatoms. The van der Waals surface area contributed by atoms with Crippen LogP contribution in [0.2, 0.25) is 0 Å². The van der Waals surface area contributed by atoms with Crippen LogP contribution in [0.5, 0.6) is 0 Å². The first-order valence-corrected chi connectivity index (χ1v) is 6.08. The second-order valence-corrected chi connectivity index (χ2v) is 4.42. The molecule has 88 valence electrons. The highest BCUT2D eigenvalue weighted by Crippen LogP contribution is 2.24. The number of pyridine rings is 1. The molecule has 0 fully saturated rings. The third-order valence-corrected chi connectivity index (χ3v) is 3.40. The second-order valence-electron chi connectivity index (χ2n) is 4.42. The number of nitrogens with two attached hydrogens (primary N) is 1. The largest absolute Gasteiger partial charge is 0.326 e. The van der Waals surface area contributed by atoms with Crippen molar-refractivity contribution in [3.8, 4) is 5.69 Å². The lowest BCUT2D eigenvalue weighted by atomic mass is 10.0. The molecule has 2 heterocycles. The first-order chi connectivity index (χ1) is 8.40. The standard InChI is InChI=1S/C13H16N4/c14-7-10-5-6-15-8-13(10)17-9-16-11-3-1-2-4-12(11)17/h5-6,8-9H,1-4,7,14H2. The van der Waals surface area contributed by atoms with E-state index in [4.69, 9.17) is 5.73 Å². The number of nitrogens with zero attached hydrogens (tertiary/aromatic N) is 3. The summed E-state index contributed by atoms with van der Waals surface area (Å²) in [4.78, 5) is 8.70.